The number of fused-ring (bicyclic) bond motifs is 3. The molecule has 5 rings (SSSR count). The van der Waals surface area contributed by atoms with Crippen molar-refractivity contribution in [2.75, 3.05) is 13.2 Å². The number of pyridine rings is 2. The minimum Gasteiger partial charge on any atom is -0.477 e. The van der Waals surface area contributed by atoms with E-state index in [-0.39, 0.29) is 25.3 Å². The third kappa shape index (κ3) is 7.72. The lowest BCUT2D eigenvalue weighted by molar-refractivity contribution is -0.385. The van der Waals surface area contributed by atoms with Crippen molar-refractivity contribution in [1.82, 2.24) is 15.3 Å². The molecule has 16 nitrogen and oxygen atoms in total. The van der Waals surface area contributed by atoms with Crippen LogP contribution in [0.3, 0.4) is 0 Å². The lowest BCUT2D eigenvalue weighted by Gasteiger charge is -2.31. The van der Waals surface area contributed by atoms with Gasteiger partial charge < -0.3 is 25.3 Å². The molecule has 0 unspecified atom stereocenters. The second-order valence-corrected chi connectivity index (χ2v) is 10.5. The van der Waals surface area contributed by atoms with Crippen LogP contribution >= 0.6 is 0 Å². The molecule has 2 aromatic carbocycles. The third-order valence-electron chi connectivity index (χ3n) is 7.44. The molecular formula is C31H24F3N5O11. The summed E-state index contributed by atoms with van der Waals surface area (Å²) in [7, 11) is 0. The number of aromatic amines is 1. The number of alkyl halides is 3. The molecule has 4 aromatic rings. The van der Waals surface area contributed by atoms with E-state index in [4.69, 9.17) is 9.84 Å². The molecule has 1 aliphatic rings. The predicted octanol–water partition coefficient (Wildman–Crippen LogP) is 4.47. The molecule has 0 saturated carbocycles. The van der Waals surface area contributed by atoms with Gasteiger partial charge in [-0.25, -0.2) is 14.6 Å². The number of carbonyl (C=O) groups excluding carboxylic acids is 1. The van der Waals surface area contributed by atoms with Gasteiger partial charge in [-0.2, -0.15) is 13.2 Å². The Morgan fingerprint density at radius 3 is 1.96 bits per heavy atom. The molecule has 2 heterocycles. The zero-order chi connectivity index (χ0) is 36.8. The number of halogens is 3. The summed E-state index contributed by atoms with van der Waals surface area (Å²) in [5, 5.41) is 40.9. The van der Waals surface area contributed by atoms with Gasteiger partial charge in [0.2, 0.25) is 11.8 Å². The third-order valence-corrected chi connectivity index (χ3v) is 7.44. The number of H-pyrrole nitrogens is 1. The summed E-state index contributed by atoms with van der Waals surface area (Å²) >= 11 is 0. The first-order chi connectivity index (χ1) is 23.6. The highest BCUT2D eigenvalue weighted by molar-refractivity contribution is 6.00. The lowest BCUT2D eigenvalue weighted by Crippen LogP contribution is -2.47. The van der Waals surface area contributed by atoms with Crippen molar-refractivity contribution in [3.63, 3.8) is 0 Å². The highest BCUT2D eigenvalue weighted by Gasteiger charge is 2.49. The quantitative estimate of drug-likeness (QED) is 0.0962. The second-order valence-electron chi connectivity index (χ2n) is 10.5. The summed E-state index contributed by atoms with van der Waals surface area (Å²) in [5.41, 5.74) is -1.89. The SMILES string of the molecule is O=C(O)c1cc([N+](=O)[O-])c[nH]c1=O.O=C(O)c1cc([N+](=O)[O-])cnc1OCCCC1(C(=O)NCC(F)(F)F)c2ccccc2-c2ccccc21. The molecule has 19 heteroatoms. The molecule has 1 aliphatic carbocycles. The monoisotopic (exact) mass is 699 g/mol. The summed E-state index contributed by atoms with van der Waals surface area (Å²) in [6.07, 6.45) is -2.74. The number of benzene rings is 2. The van der Waals surface area contributed by atoms with Crippen molar-refractivity contribution in [3.8, 4) is 17.0 Å². The Hall–Kier alpha value is -6.66. The Morgan fingerprint density at radius 1 is 0.900 bits per heavy atom. The summed E-state index contributed by atoms with van der Waals surface area (Å²) in [4.78, 5) is 71.3. The molecule has 0 atom stereocenters. The average molecular weight is 700 g/mol. The van der Waals surface area contributed by atoms with Crippen molar-refractivity contribution in [1.29, 1.82) is 0 Å². The maximum absolute atomic E-state index is 13.4. The number of aromatic carboxylic acids is 2. The molecule has 50 heavy (non-hydrogen) atoms. The molecule has 0 bridgehead atoms. The summed E-state index contributed by atoms with van der Waals surface area (Å²) in [6, 6.07) is 15.5. The van der Waals surface area contributed by atoms with Crippen molar-refractivity contribution in [2.24, 2.45) is 0 Å². The number of nitrogens with zero attached hydrogens (tertiary/aromatic N) is 3. The zero-order valence-corrected chi connectivity index (χ0v) is 25.3. The van der Waals surface area contributed by atoms with Crippen LogP contribution in [-0.4, -0.2) is 67.2 Å². The van der Waals surface area contributed by atoms with Crippen LogP contribution in [0, 0.1) is 20.2 Å². The largest absolute Gasteiger partial charge is 0.477 e. The van der Waals surface area contributed by atoms with E-state index < -0.39 is 73.9 Å². The normalized spacial score (nSPS) is 12.4. The Morgan fingerprint density at radius 2 is 1.44 bits per heavy atom. The molecule has 0 saturated heterocycles. The first-order valence-corrected chi connectivity index (χ1v) is 14.2. The number of nitro groups is 2. The van der Waals surface area contributed by atoms with Crippen molar-refractivity contribution in [2.45, 2.75) is 24.4 Å². The van der Waals surface area contributed by atoms with Gasteiger partial charge in [0.15, 0.2) is 0 Å². The molecule has 0 aliphatic heterocycles. The van der Waals surface area contributed by atoms with Crippen LogP contribution in [0.2, 0.25) is 0 Å². The maximum Gasteiger partial charge on any atom is 0.405 e. The second kappa shape index (κ2) is 14.6. The number of amides is 1. The lowest BCUT2D eigenvalue weighted by atomic mass is 9.73. The van der Waals surface area contributed by atoms with Crippen molar-refractivity contribution < 1.29 is 52.4 Å². The smallest absolute Gasteiger partial charge is 0.405 e. The average Bonchev–Trinajstić information content (AvgIpc) is 3.36. The molecule has 4 N–H and O–H groups in total. The molecular weight excluding hydrogens is 675 g/mol. The number of rotatable bonds is 11. The highest BCUT2D eigenvalue weighted by atomic mass is 19.4. The fourth-order valence-electron chi connectivity index (χ4n) is 5.34. The van der Waals surface area contributed by atoms with E-state index in [2.05, 4.69) is 4.98 Å². The first-order valence-electron chi connectivity index (χ1n) is 14.2. The fraction of sp³-hybridized carbons (Fsp3) is 0.194. The molecule has 1 amide bonds. The Labute approximate surface area is 277 Å². The number of aromatic nitrogens is 2. The Bertz CT molecular complexity index is 2000. The van der Waals surface area contributed by atoms with Gasteiger partial charge >= 0.3 is 18.1 Å². The van der Waals surface area contributed by atoms with Gasteiger partial charge in [0, 0.05) is 12.1 Å². The number of nitrogens with one attached hydrogen (secondary N) is 2. The van der Waals surface area contributed by atoms with Crippen LogP contribution in [0.4, 0.5) is 24.5 Å². The van der Waals surface area contributed by atoms with Gasteiger partial charge in [0.1, 0.15) is 29.3 Å². The van der Waals surface area contributed by atoms with Crippen LogP contribution in [0.15, 0.2) is 77.9 Å². The number of carboxylic acids is 2. The Balaban J connectivity index is 0.000000363. The highest BCUT2D eigenvalue weighted by Crippen LogP contribution is 2.51. The van der Waals surface area contributed by atoms with E-state index in [1.54, 1.807) is 48.5 Å². The Kier molecular flexibility index (Phi) is 10.6. The van der Waals surface area contributed by atoms with E-state index in [1.807, 2.05) is 10.3 Å². The number of hydrogen-bond donors (Lipinski definition) is 4. The number of ether oxygens (including phenoxy) is 1. The molecule has 260 valence electrons. The number of carbonyl (C=O) groups is 3. The predicted molar refractivity (Wildman–Crippen MR) is 165 cm³/mol. The van der Waals surface area contributed by atoms with Crippen molar-refractivity contribution in [3.05, 3.63) is 126 Å². The number of carboxylic acid groups (broad SMARTS) is 2. The van der Waals surface area contributed by atoms with E-state index in [0.717, 1.165) is 29.6 Å². The van der Waals surface area contributed by atoms with Gasteiger partial charge in [-0.1, -0.05) is 48.5 Å². The van der Waals surface area contributed by atoms with Gasteiger partial charge in [0.25, 0.3) is 16.9 Å². The van der Waals surface area contributed by atoms with Gasteiger partial charge in [-0.3, -0.25) is 29.8 Å². The van der Waals surface area contributed by atoms with Crippen LogP contribution < -0.4 is 15.6 Å². The van der Waals surface area contributed by atoms with Crippen LogP contribution in [0.5, 0.6) is 5.88 Å². The summed E-state index contributed by atoms with van der Waals surface area (Å²) < 4.78 is 44.4. The van der Waals surface area contributed by atoms with Gasteiger partial charge in [-0.15, -0.1) is 0 Å². The fourth-order valence-corrected chi connectivity index (χ4v) is 5.34. The van der Waals surface area contributed by atoms with Gasteiger partial charge in [0.05, 0.1) is 22.7 Å². The molecule has 2 aromatic heterocycles. The van der Waals surface area contributed by atoms with E-state index >= 15 is 0 Å². The minimum atomic E-state index is -4.60. The number of hydrogen-bond acceptors (Lipinski definition) is 10. The van der Waals surface area contributed by atoms with Crippen LogP contribution in [0.1, 0.15) is 44.7 Å². The molecule has 0 spiro atoms. The van der Waals surface area contributed by atoms with E-state index in [0.29, 0.717) is 17.2 Å². The van der Waals surface area contributed by atoms with E-state index in [9.17, 15) is 57.7 Å². The summed E-state index contributed by atoms with van der Waals surface area (Å²) in [6.45, 7) is -1.65. The minimum absolute atomic E-state index is 0.0418. The van der Waals surface area contributed by atoms with Crippen LogP contribution in [0.25, 0.3) is 11.1 Å². The van der Waals surface area contributed by atoms with Gasteiger partial charge in [-0.05, 0) is 35.1 Å². The summed E-state index contributed by atoms with van der Waals surface area (Å²) in [5.74, 6) is -4.14. The van der Waals surface area contributed by atoms with Crippen LogP contribution in [-0.2, 0) is 10.2 Å². The standard InChI is InChI=1S/C25H20F3N3O6.C6H4N2O5/c26-25(27,28)14-30-23(34)24(19-8-3-1-6-16(19)17-7-2-4-9-20(17)24)10-5-11-37-21-18(22(32)33)12-15(13-29-21)31(35)36;9-5-4(6(10)11)1-3(2-7-5)8(12)13/h1-4,6-9,12-13H,5,10-11,14H2,(H,30,34)(H,32,33);1-2H,(H,7,9)(H,10,11). The first kappa shape index (κ1) is 36.2. The molecule has 0 fully saturated rings. The van der Waals surface area contributed by atoms with E-state index in [1.165, 1.54) is 0 Å². The maximum atomic E-state index is 13.4. The topological polar surface area (TPSA) is 245 Å². The molecule has 0 radical (unpaired) electrons. The van der Waals surface area contributed by atoms with Crippen molar-refractivity contribution >= 4 is 29.2 Å². The zero-order valence-electron chi connectivity index (χ0n) is 25.3.